The number of hydrogen-bond donors (Lipinski definition) is 4. The van der Waals surface area contributed by atoms with Crippen LogP contribution in [-0.2, 0) is 9.59 Å². The number of aliphatic carboxylic acids is 2. The summed E-state index contributed by atoms with van der Waals surface area (Å²) in [6.07, 6.45) is 0.690. The smallest absolute Gasteiger partial charge is 0.320 e. The Labute approximate surface area is 88.7 Å². The van der Waals surface area contributed by atoms with Crippen LogP contribution < -0.4 is 10.6 Å². The molecular formula is C9H18N2O4. The molecule has 15 heavy (non-hydrogen) atoms. The molecule has 0 aliphatic heterocycles. The lowest BCUT2D eigenvalue weighted by Gasteiger charge is -2.11. The van der Waals surface area contributed by atoms with E-state index in [-0.39, 0.29) is 0 Å². The second kappa shape index (κ2) is 7.19. The van der Waals surface area contributed by atoms with Gasteiger partial charge in [0.05, 0.1) is 0 Å². The van der Waals surface area contributed by atoms with Crippen LogP contribution in [0.1, 0.15) is 20.3 Å². The molecule has 2 atom stereocenters. The van der Waals surface area contributed by atoms with Gasteiger partial charge in [-0.25, -0.2) is 0 Å². The summed E-state index contributed by atoms with van der Waals surface area (Å²) in [5.41, 5.74) is 0. The van der Waals surface area contributed by atoms with Gasteiger partial charge in [0, 0.05) is 0 Å². The molecular weight excluding hydrogens is 200 g/mol. The minimum atomic E-state index is -0.887. The van der Waals surface area contributed by atoms with Crippen molar-refractivity contribution in [3.05, 3.63) is 0 Å². The van der Waals surface area contributed by atoms with Crippen molar-refractivity contribution in [1.29, 1.82) is 0 Å². The van der Waals surface area contributed by atoms with Crippen LogP contribution in [0.15, 0.2) is 0 Å². The van der Waals surface area contributed by atoms with Gasteiger partial charge in [-0.15, -0.1) is 0 Å². The highest BCUT2D eigenvalue weighted by atomic mass is 16.4. The first-order valence-electron chi connectivity index (χ1n) is 4.87. The molecule has 0 amide bonds. The van der Waals surface area contributed by atoms with Gasteiger partial charge in [0.15, 0.2) is 0 Å². The number of hydrogen-bond acceptors (Lipinski definition) is 4. The second-order valence-corrected chi connectivity index (χ2v) is 3.38. The van der Waals surface area contributed by atoms with Crippen LogP contribution in [-0.4, -0.2) is 47.3 Å². The largest absolute Gasteiger partial charge is 0.480 e. The van der Waals surface area contributed by atoms with Crippen molar-refractivity contribution in [2.24, 2.45) is 0 Å². The first-order valence-corrected chi connectivity index (χ1v) is 4.87. The lowest BCUT2D eigenvalue weighted by atomic mass is 10.3. The summed E-state index contributed by atoms with van der Waals surface area (Å²) in [5, 5.41) is 22.7. The molecule has 2 unspecified atom stereocenters. The molecule has 0 radical (unpaired) electrons. The fourth-order valence-corrected chi connectivity index (χ4v) is 0.900. The van der Waals surface area contributed by atoms with Crippen molar-refractivity contribution < 1.29 is 19.8 Å². The van der Waals surface area contributed by atoms with E-state index in [2.05, 4.69) is 10.6 Å². The van der Waals surface area contributed by atoms with Gasteiger partial charge >= 0.3 is 11.9 Å². The molecule has 0 aromatic heterocycles. The van der Waals surface area contributed by atoms with Crippen molar-refractivity contribution in [3.8, 4) is 0 Å². The Kier molecular flexibility index (Phi) is 6.64. The average Bonchev–Trinajstić information content (AvgIpc) is 2.16. The summed E-state index contributed by atoms with van der Waals surface area (Å²) in [4.78, 5) is 20.8. The van der Waals surface area contributed by atoms with Crippen LogP contribution in [0.5, 0.6) is 0 Å². The molecule has 0 aliphatic rings. The highest BCUT2D eigenvalue weighted by Gasteiger charge is 2.10. The van der Waals surface area contributed by atoms with E-state index in [0.717, 1.165) is 0 Å². The van der Waals surface area contributed by atoms with E-state index in [4.69, 9.17) is 10.2 Å². The quantitative estimate of drug-likeness (QED) is 0.410. The molecule has 0 saturated heterocycles. The van der Waals surface area contributed by atoms with Gasteiger partial charge in [-0.2, -0.15) is 0 Å². The highest BCUT2D eigenvalue weighted by molar-refractivity contribution is 5.73. The van der Waals surface area contributed by atoms with Crippen molar-refractivity contribution in [1.82, 2.24) is 10.6 Å². The SMILES string of the molecule is CC(NCCCNC(C)C(=O)O)C(=O)O. The Morgan fingerprint density at radius 1 is 1.00 bits per heavy atom. The molecule has 0 spiro atoms. The fraction of sp³-hybridized carbons (Fsp3) is 0.778. The first-order chi connectivity index (χ1) is 6.95. The van der Waals surface area contributed by atoms with Gasteiger partial charge in [0.25, 0.3) is 0 Å². The van der Waals surface area contributed by atoms with E-state index in [1.54, 1.807) is 13.8 Å². The Morgan fingerprint density at radius 3 is 1.60 bits per heavy atom. The summed E-state index contributed by atoms with van der Waals surface area (Å²) in [6.45, 7) is 4.23. The number of carboxylic acids is 2. The first kappa shape index (κ1) is 13.9. The summed E-state index contributed by atoms with van der Waals surface area (Å²) in [5.74, 6) is -1.77. The Morgan fingerprint density at radius 2 is 1.33 bits per heavy atom. The predicted molar refractivity (Wildman–Crippen MR) is 54.8 cm³/mol. The number of rotatable bonds is 8. The van der Waals surface area contributed by atoms with Crippen LogP contribution in [0.3, 0.4) is 0 Å². The summed E-state index contributed by atoms with van der Waals surface area (Å²) in [7, 11) is 0. The number of carbonyl (C=O) groups is 2. The molecule has 0 rings (SSSR count). The van der Waals surface area contributed by atoms with Crippen LogP contribution >= 0.6 is 0 Å². The van der Waals surface area contributed by atoms with Crippen LogP contribution in [0.2, 0.25) is 0 Å². The number of nitrogens with one attached hydrogen (secondary N) is 2. The zero-order valence-corrected chi connectivity index (χ0v) is 8.99. The summed E-state index contributed by atoms with van der Waals surface area (Å²) in [6, 6.07) is -1.14. The predicted octanol–water partition coefficient (Wildman–Crippen LogP) is -0.498. The highest BCUT2D eigenvalue weighted by Crippen LogP contribution is 1.84. The van der Waals surface area contributed by atoms with E-state index in [9.17, 15) is 9.59 Å². The Balaban J connectivity index is 3.40. The van der Waals surface area contributed by atoms with Crippen molar-refractivity contribution in [3.63, 3.8) is 0 Å². The lowest BCUT2D eigenvalue weighted by molar-refractivity contribution is -0.139. The van der Waals surface area contributed by atoms with Gasteiger partial charge in [0.2, 0.25) is 0 Å². The lowest BCUT2D eigenvalue weighted by Crippen LogP contribution is -2.38. The molecule has 0 heterocycles. The zero-order chi connectivity index (χ0) is 11.8. The van der Waals surface area contributed by atoms with Gasteiger partial charge in [-0.1, -0.05) is 0 Å². The van der Waals surface area contributed by atoms with Crippen LogP contribution in [0, 0.1) is 0 Å². The summed E-state index contributed by atoms with van der Waals surface area (Å²) >= 11 is 0. The molecule has 0 saturated carbocycles. The van der Waals surface area contributed by atoms with Crippen LogP contribution in [0.4, 0.5) is 0 Å². The molecule has 6 heteroatoms. The second-order valence-electron chi connectivity index (χ2n) is 3.38. The summed E-state index contributed by atoms with van der Waals surface area (Å²) < 4.78 is 0. The molecule has 0 fully saturated rings. The van der Waals surface area contributed by atoms with Gasteiger partial charge in [0.1, 0.15) is 12.1 Å². The normalized spacial score (nSPS) is 14.5. The Hall–Kier alpha value is -1.14. The topological polar surface area (TPSA) is 98.7 Å². The van der Waals surface area contributed by atoms with Gasteiger partial charge in [-0.3, -0.25) is 9.59 Å². The van der Waals surface area contributed by atoms with E-state index in [0.29, 0.717) is 19.5 Å². The van der Waals surface area contributed by atoms with E-state index in [1.165, 1.54) is 0 Å². The van der Waals surface area contributed by atoms with Gasteiger partial charge < -0.3 is 20.8 Å². The Bertz CT molecular complexity index is 198. The van der Waals surface area contributed by atoms with Gasteiger partial charge in [-0.05, 0) is 33.4 Å². The maximum absolute atomic E-state index is 10.4. The monoisotopic (exact) mass is 218 g/mol. The third kappa shape index (κ3) is 6.87. The molecule has 6 nitrogen and oxygen atoms in total. The van der Waals surface area contributed by atoms with E-state index < -0.39 is 24.0 Å². The van der Waals surface area contributed by atoms with Crippen molar-refractivity contribution in [2.45, 2.75) is 32.4 Å². The molecule has 4 N–H and O–H groups in total. The zero-order valence-electron chi connectivity index (χ0n) is 8.99. The van der Waals surface area contributed by atoms with Crippen molar-refractivity contribution >= 4 is 11.9 Å². The minimum absolute atomic E-state index is 0.548. The third-order valence-corrected chi connectivity index (χ3v) is 2.00. The average molecular weight is 218 g/mol. The standard InChI is InChI=1S/C9H18N2O4/c1-6(8(12)13)10-4-3-5-11-7(2)9(14)15/h6-7,10-11H,3-5H2,1-2H3,(H,12,13)(H,14,15). The molecule has 0 bridgehead atoms. The molecule has 0 aromatic carbocycles. The van der Waals surface area contributed by atoms with Crippen LogP contribution in [0.25, 0.3) is 0 Å². The van der Waals surface area contributed by atoms with E-state index in [1.807, 2.05) is 0 Å². The number of carboxylic acid groups (broad SMARTS) is 2. The molecule has 0 aromatic rings. The molecule has 0 aliphatic carbocycles. The maximum Gasteiger partial charge on any atom is 0.320 e. The third-order valence-electron chi connectivity index (χ3n) is 2.00. The van der Waals surface area contributed by atoms with Crippen molar-refractivity contribution in [2.75, 3.05) is 13.1 Å². The fourth-order valence-electron chi connectivity index (χ4n) is 0.900. The minimum Gasteiger partial charge on any atom is -0.480 e. The maximum atomic E-state index is 10.4. The van der Waals surface area contributed by atoms with E-state index >= 15 is 0 Å². The molecule has 88 valence electrons.